The van der Waals surface area contributed by atoms with E-state index < -0.39 is 34.2 Å². The van der Waals surface area contributed by atoms with Crippen LogP contribution in [0.1, 0.15) is 26.2 Å². The maximum Gasteiger partial charge on any atom is 0.250 e. The van der Waals surface area contributed by atoms with E-state index in [1.54, 1.807) is 9.80 Å². The van der Waals surface area contributed by atoms with Crippen molar-refractivity contribution in [2.75, 3.05) is 49.9 Å². The van der Waals surface area contributed by atoms with Crippen LogP contribution < -0.4 is 16.0 Å². The lowest BCUT2D eigenvalue weighted by molar-refractivity contribution is -0.145. The minimum atomic E-state index is -2.72. The number of terminal acetylenes is 1. The van der Waals surface area contributed by atoms with Crippen LogP contribution in [0.25, 0.3) is 0 Å². The molecule has 0 aromatic heterocycles. The predicted molar refractivity (Wildman–Crippen MR) is 152 cm³/mol. The molecule has 2 aliphatic heterocycles. The number of rotatable bonds is 9. The second-order valence-electron chi connectivity index (χ2n) is 11.3. The van der Waals surface area contributed by atoms with E-state index in [9.17, 15) is 32.8 Å². The first-order valence-electron chi connectivity index (χ1n) is 14.1. The number of carbonyl (C=O) groups excluding carboxylic acids is 3. The Labute approximate surface area is 246 Å². The summed E-state index contributed by atoms with van der Waals surface area (Å²) >= 11 is 1.48. The summed E-state index contributed by atoms with van der Waals surface area (Å²) in [5.41, 5.74) is 0.517. The van der Waals surface area contributed by atoms with Crippen molar-refractivity contribution in [3.8, 4) is 18.4 Å². The summed E-state index contributed by atoms with van der Waals surface area (Å²) in [4.78, 5) is 42.2. The van der Waals surface area contributed by atoms with Crippen molar-refractivity contribution in [2.24, 2.45) is 17.8 Å². The summed E-state index contributed by atoms with van der Waals surface area (Å²) in [5, 5.41) is 18.0. The van der Waals surface area contributed by atoms with Crippen LogP contribution in [-0.2, 0) is 14.4 Å². The van der Waals surface area contributed by atoms with Gasteiger partial charge in [-0.2, -0.15) is 5.26 Å². The maximum absolute atomic E-state index is 14.5. The standard InChI is InChI=1S/C29H33F3N6O3S/c1-3-9-34-26(40)23-19(14-33)24-25(23)42-29(27(41)38(24)4-2)13-17(29)15-35-18-5-6-20(30)21(12-18)36-22(39)16-37-10-7-28(31,32)8-11-37/h1,5-6,12,17,19,23-25,35H,4,7-11,13,15-16H2,2H3,(H,34,40)(H,36,39). The molecule has 224 valence electrons. The zero-order valence-corrected chi connectivity index (χ0v) is 24.0. The zero-order valence-electron chi connectivity index (χ0n) is 23.2. The number of hydrogen-bond donors (Lipinski definition) is 3. The topological polar surface area (TPSA) is 118 Å². The number of thioether (sulfide) groups is 1. The number of fused-ring (bicyclic) bond motifs is 1. The quantitative estimate of drug-likeness (QED) is 0.372. The molecule has 2 heterocycles. The molecule has 42 heavy (non-hydrogen) atoms. The van der Waals surface area contributed by atoms with Crippen molar-refractivity contribution in [1.29, 1.82) is 5.26 Å². The molecule has 2 aliphatic carbocycles. The van der Waals surface area contributed by atoms with Crippen molar-refractivity contribution in [1.82, 2.24) is 15.1 Å². The molecular formula is C29H33F3N6O3S. The first-order valence-corrected chi connectivity index (χ1v) is 14.9. The highest BCUT2D eigenvalue weighted by Crippen LogP contribution is 2.65. The molecule has 1 spiro atoms. The number of nitriles is 1. The molecule has 1 aromatic carbocycles. The third kappa shape index (κ3) is 5.64. The van der Waals surface area contributed by atoms with Crippen molar-refractivity contribution < 1.29 is 27.6 Å². The maximum atomic E-state index is 14.5. The second-order valence-corrected chi connectivity index (χ2v) is 12.8. The molecule has 0 radical (unpaired) electrons. The van der Waals surface area contributed by atoms with E-state index in [1.165, 1.54) is 30.0 Å². The van der Waals surface area contributed by atoms with E-state index in [2.05, 4.69) is 27.9 Å². The molecule has 9 nitrogen and oxygen atoms in total. The molecule has 1 aromatic rings. The monoisotopic (exact) mass is 602 g/mol. The second kappa shape index (κ2) is 11.7. The molecule has 6 atom stereocenters. The Morgan fingerprint density at radius 3 is 2.67 bits per heavy atom. The first-order chi connectivity index (χ1) is 20.0. The van der Waals surface area contributed by atoms with Crippen LogP contribution in [-0.4, -0.2) is 88.8 Å². The smallest absolute Gasteiger partial charge is 0.250 e. The number of benzene rings is 1. The minimum Gasteiger partial charge on any atom is -0.385 e. The summed E-state index contributed by atoms with van der Waals surface area (Å²) in [6.07, 6.45) is 5.25. The lowest BCUT2D eigenvalue weighted by Gasteiger charge is -2.56. The Bertz CT molecular complexity index is 1340. The number of nitrogens with zero attached hydrogens (tertiary/aromatic N) is 3. The number of carbonyl (C=O) groups is 3. The van der Waals surface area contributed by atoms with Crippen molar-refractivity contribution in [3.63, 3.8) is 0 Å². The fourth-order valence-electron chi connectivity index (χ4n) is 6.31. The molecule has 4 fully saturated rings. The fraction of sp³-hybridized carbons (Fsp3) is 0.586. The van der Waals surface area contributed by atoms with Crippen LogP contribution in [0, 0.1) is 47.2 Å². The van der Waals surface area contributed by atoms with Gasteiger partial charge >= 0.3 is 0 Å². The lowest BCUT2D eigenvalue weighted by Crippen LogP contribution is -2.71. The average Bonchev–Trinajstić information content (AvgIpc) is 3.66. The van der Waals surface area contributed by atoms with E-state index in [0.717, 1.165) is 0 Å². The van der Waals surface area contributed by atoms with E-state index in [1.807, 2.05) is 6.92 Å². The van der Waals surface area contributed by atoms with E-state index in [-0.39, 0.29) is 73.7 Å². The fourth-order valence-corrected chi connectivity index (χ4v) is 8.48. The zero-order chi connectivity index (χ0) is 30.2. The van der Waals surface area contributed by atoms with Gasteiger partial charge in [0.15, 0.2) is 0 Å². The van der Waals surface area contributed by atoms with Crippen LogP contribution in [0.3, 0.4) is 0 Å². The van der Waals surface area contributed by atoms with Gasteiger partial charge in [0, 0.05) is 55.9 Å². The number of anilines is 2. The highest BCUT2D eigenvalue weighted by Gasteiger charge is 2.72. The molecule has 6 unspecified atom stereocenters. The summed E-state index contributed by atoms with van der Waals surface area (Å²) in [7, 11) is 0. The van der Waals surface area contributed by atoms with Crippen LogP contribution >= 0.6 is 11.8 Å². The normalized spacial score (nSPS) is 31.2. The Morgan fingerprint density at radius 2 is 2.00 bits per heavy atom. The Morgan fingerprint density at radius 1 is 1.26 bits per heavy atom. The van der Waals surface area contributed by atoms with Crippen LogP contribution in [0.5, 0.6) is 0 Å². The molecule has 3 N–H and O–H groups in total. The van der Waals surface area contributed by atoms with E-state index in [0.29, 0.717) is 25.2 Å². The van der Waals surface area contributed by atoms with Gasteiger partial charge in [0.1, 0.15) is 5.82 Å². The van der Waals surface area contributed by atoms with E-state index >= 15 is 0 Å². The molecule has 2 saturated heterocycles. The number of alkyl halides is 2. The molecular weight excluding hydrogens is 569 g/mol. The molecule has 5 rings (SSSR count). The third-order valence-corrected chi connectivity index (χ3v) is 10.7. The van der Waals surface area contributed by atoms with Crippen LogP contribution in [0.15, 0.2) is 18.2 Å². The number of nitrogens with one attached hydrogen (secondary N) is 3. The predicted octanol–water partition coefficient (Wildman–Crippen LogP) is 2.52. The highest BCUT2D eigenvalue weighted by atomic mass is 32.2. The van der Waals surface area contributed by atoms with E-state index in [4.69, 9.17) is 6.42 Å². The van der Waals surface area contributed by atoms with Gasteiger partial charge in [0.25, 0.3) is 5.92 Å². The number of hydrogen-bond acceptors (Lipinski definition) is 7. The van der Waals surface area contributed by atoms with Crippen LogP contribution in [0.2, 0.25) is 0 Å². The summed E-state index contributed by atoms with van der Waals surface area (Å²) in [6, 6.07) is 6.11. The number of halogens is 3. The summed E-state index contributed by atoms with van der Waals surface area (Å²) < 4.78 is 40.6. The lowest BCUT2D eigenvalue weighted by atomic mass is 9.67. The van der Waals surface area contributed by atoms with Crippen molar-refractivity contribution in [2.45, 2.75) is 48.1 Å². The first kappa shape index (κ1) is 30.1. The Kier molecular flexibility index (Phi) is 8.37. The van der Waals surface area contributed by atoms with Gasteiger partial charge in [-0.05, 0) is 31.5 Å². The van der Waals surface area contributed by atoms with Gasteiger partial charge < -0.3 is 20.9 Å². The van der Waals surface area contributed by atoms with Gasteiger partial charge in [0.05, 0.1) is 47.5 Å². The number of piperidine rings is 1. The molecule has 13 heteroatoms. The minimum absolute atomic E-state index is 0.0289. The van der Waals surface area contributed by atoms with Crippen LogP contribution in [0.4, 0.5) is 24.5 Å². The molecule has 4 aliphatic rings. The molecule has 2 saturated carbocycles. The Hall–Kier alpha value is -3.42. The largest absolute Gasteiger partial charge is 0.385 e. The number of likely N-dealkylation sites (tertiary alicyclic amines) is 1. The van der Waals surface area contributed by atoms with Gasteiger partial charge in [0.2, 0.25) is 17.7 Å². The van der Waals surface area contributed by atoms with Gasteiger partial charge in [-0.3, -0.25) is 19.3 Å². The molecule has 0 bridgehead atoms. The highest BCUT2D eigenvalue weighted by molar-refractivity contribution is 8.02. The van der Waals surface area contributed by atoms with Gasteiger partial charge in [-0.25, -0.2) is 13.2 Å². The Balaban J connectivity index is 1.20. The molecule has 3 amide bonds. The van der Waals surface area contributed by atoms with Gasteiger partial charge in [-0.15, -0.1) is 18.2 Å². The SMILES string of the molecule is C#CCNC(=O)C1C(C#N)C2C1SC1(CC1CNc1ccc(F)c(NC(=O)CN3CCC(F)(F)CC3)c1)C(=O)N2CC. The average molecular weight is 603 g/mol. The third-order valence-electron chi connectivity index (χ3n) is 8.73. The van der Waals surface area contributed by atoms with Gasteiger partial charge in [-0.1, -0.05) is 5.92 Å². The summed E-state index contributed by atoms with van der Waals surface area (Å²) in [5.74, 6) is -2.99. The van der Waals surface area contributed by atoms with Crippen molar-refractivity contribution in [3.05, 3.63) is 24.0 Å². The summed E-state index contributed by atoms with van der Waals surface area (Å²) in [6.45, 7) is 2.85. The van der Waals surface area contributed by atoms with Crippen molar-refractivity contribution >= 4 is 40.9 Å². The number of amides is 3.